The van der Waals surface area contributed by atoms with Crippen molar-refractivity contribution in [1.82, 2.24) is 0 Å². The van der Waals surface area contributed by atoms with Gasteiger partial charge < -0.3 is 9.47 Å². The second-order valence-corrected chi connectivity index (χ2v) is 5.54. The van der Waals surface area contributed by atoms with Gasteiger partial charge in [0.1, 0.15) is 17.6 Å². The first-order valence-electron chi connectivity index (χ1n) is 6.41. The summed E-state index contributed by atoms with van der Waals surface area (Å²) in [5.41, 5.74) is 0.00507. The van der Waals surface area contributed by atoms with Crippen LogP contribution in [-0.2, 0) is 9.53 Å². The zero-order chi connectivity index (χ0) is 15.8. The van der Waals surface area contributed by atoms with Gasteiger partial charge in [-0.3, -0.25) is 4.79 Å². The number of benzene rings is 1. The Morgan fingerprint density at radius 3 is 2.35 bits per heavy atom. The molecule has 0 unspecified atom stereocenters. The van der Waals surface area contributed by atoms with E-state index in [1.165, 1.54) is 0 Å². The first kappa shape index (κ1) is 18.6. The maximum Gasteiger partial charge on any atom is 0.344 e. The molecule has 4 nitrogen and oxygen atoms in total. The number of halogens is 1. The highest BCUT2D eigenvalue weighted by Gasteiger charge is 2.16. The summed E-state index contributed by atoms with van der Waals surface area (Å²) in [5, 5.41) is 0. The molecule has 0 amide bonds. The number of hydrogen-bond acceptors (Lipinski definition) is 4. The quantitative estimate of drug-likeness (QED) is 0.611. The van der Waals surface area contributed by atoms with Crippen molar-refractivity contribution in [3.8, 4) is 5.75 Å². The van der Waals surface area contributed by atoms with E-state index in [4.69, 9.17) is 9.47 Å². The molecule has 1 aromatic carbocycles. The Labute approximate surface area is 128 Å². The van der Waals surface area contributed by atoms with Crippen molar-refractivity contribution in [3.05, 3.63) is 28.2 Å². The lowest BCUT2D eigenvalue weighted by atomic mass is 10.2. The third kappa shape index (κ3) is 7.28. The lowest BCUT2D eigenvalue weighted by molar-refractivity contribution is -0.157. The van der Waals surface area contributed by atoms with Gasteiger partial charge in [0.15, 0.2) is 6.61 Å². The van der Waals surface area contributed by atoms with Gasteiger partial charge in [-0.25, -0.2) is 4.79 Å². The van der Waals surface area contributed by atoms with E-state index in [0.717, 1.165) is 6.29 Å². The molecule has 0 aromatic heterocycles. The van der Waals surface area contributed by atoms with Gasteiger partial charge >= 0.3 is 5.97 Å². The molecule has 0 saturated heterocycles. The molecule has 0 bridgehead atoms. The first-order chi connectivity index (χ1) is 9.31. The highest BCUT2D eigenvalue weighted by atomic mass is 79.9. The van der Waals surface area contributed by atoms with E-state index >= 15 is 0 Å². The number of hydrogen-bond donors (Lipinski definition) is 0. The Hall–Kier alpha value is -1.36. The summed E-state index contributed by atoms with van der Waals surface area (Å²) in [7, 11) is 0. The van der Waals surface area contributed by atoms with E-state index in [1.54, 1.807) is 39.0 Å². The van der Waals surface area contributed by atoms with Crippen molar-refractivity contribution in [2.45, 2.75) is 40.2 Å². The van der Waals surface area contributed by atoms with Crippen LogP contribution in [0.3, 0.4) is 0 Å². The number of carbonyl (C=O) groups excluding carboxylic acids is 2. The van der Waals surface area contributed by atoms with E-state index in [2.05, 4.69) is 15.9 Å². The zero-order valence-corrected chi connectivity index (χ0v) is 14.1. The first-order valence-corrected chi connectivity index (χ1v) is 7.20. The average molecular weight is 345 g/mol. The summed E-state index contributed by atoms with van der Waals surface area (Å²) in [4.78, 5) is 22.0. The average Bonchev–Trinajstić information content (AvgIpc) is 2.37. The van der Waals surface area contributed by atoms with E-state index in [-0.39, 0.29) is 6.61 Å². The Morgan fingerprint density at radius 2 is 1.90 bits per heavy atom. The second-order valence-electron chi connectivity index (χ2n) is 4.68. The fourth-order valence-electron chi connectivity index (χ4n) is 1.22. The minimum absolute atomic E-state index is 0.170. The predicted molar refractivity (Wildman–Crippen MR) is 82.2 cm³/mol. The minimum Gasteiger partial charge on any atom is -0.481 e. The maximum atomic E-state index is 11.4. The van der Waals surface area contributed by atoms with Gasteiger partial charge in [0, 0.05) is 5.56 Å². The number of esters is 1. The fourth-order valence-corrected chi connectivity index (χ4v) is 1.73. The smallest absolute Gasteiger partial charge is 0.344 e. The Morgan fingerprint density at radius 1 is 1.30 bits per heavy atom. The van der Waals surface area contributed by atoms with Crippen LogP contribution in [0.15, 0.2) is 22.7 Å². The van der Waals surface area contributed by atoms with Crippen LogP contribution in [0.2, 0.25) is 0 Å². The molecule has 20 heavy (non-hydrogen) atoms. The third-order valence-electron chi connectivity index (χ3n) is 1.86. The zero-order valence-electron chi connectivity index (χ0n) is 12.5. The Balaban J connectivity index is 0.00000172. The molecule has 0 saturated carbocycles. The molecule has 0 aliphatic heterocycles. The lowest BCUT2D eigenvalue weighted by Gasteiger charge is -2.19. The molecule has 112 valence electrons. The number of rotatable bonds is 4. The third-order valence-corrected chi connectivity index (χ3v) is 2.48. The molecule has 0 aliphatic rings. The molecule has 0 heterocycles. The van der Waals surface area contributed by atoms with Gasteiger partial charge in [-0.05, 0) is 54.9 Å². The molecule has 0 fully saturated rings. The van der Waals surface area contributed by atoms with Gasteiger partial charge in [0.05, 0.1) is 4.47 Å². The molecular weight excluding hydrogens is 324 g/mol. The maximum absolute atomic E-state index is 11.4. The van der Waals surface area contributed by atoms with Crippen LogP contribution in [0.4, 0.5) is 0 Å². The molecular formula is C15H21BrO4. The van der Waals surface area contributed by atoms with Crippen molar-refractivity contribution >= 4 is 28.2 Å². The van der Waals surface area contributed by atoms with Crippen molar-refractivity contribution in [3.63, 3.8) is 0 Å². The normalized spacial score (nSPS) is 10.1. The summed E-state index contributed by atoms with van der Waals surface area (Å²) in [6.45, 7) is 9.20. The molecule has 0 N–H and O–H groups in total. The Bertz CT molecular complexity index is 450. The van der Waals surface area contributed by atoms with Crippen LogP contribution in [0.1, 0.15) is 45.0 Å². The van der Waals surface area contributed by atoms with Crippen molar-refractivity contribution in [2.75, 3.05) is 6.61 Å². The van der Waals surface area contributed by atoms with E-state index in [9.17, 15) is 9.59 Å². The van der Waals surface area contributed by atoms with Gasteiger partial charge in [0.2, 0.25) is 0 Å². The SMILES string of the molecule is CC.CC(C)(C)OC(=O)COc1ccc(C=O)cc1Br. The van der Waals surface area contributed by atoms with Gasteiger partial charge in [-0.15, -0.1) is 0 Å². The van der Waals surface area contributed by atoms with Gasteiger partial charge in [0.25, 0.3) is 0 Å². The number of carbonyl (C=O) groups is 2. The highest BCUT2D eigenvalue weighted by molar-refractivity contribution is 9.10. The second kappa shape index (κ2) is 8.74. The summed E-state index contributed by atoms with van der Waals surface area (Å²) in [6.07, 6.45) is 0.738. The summed E-state index contributed by atoms with van der Waals surface area (Å²) in [5.74, 6) is 0.0559. The van der Waals surface area contributed by atoms with Crippen LogP contribution in [0.25, 0.3) is 0 Å². The minimum atomic E-state index is -0.529. The monoisotopic (exact) mass is 344 g/mol. The fraction of sp³-hybridized carbons (Fsp3) is 0.467. The standard InChI is InChI=1S/C13H15BrO4.C2H6/c1-13(2,3)18-12(16)8-17-11-5-4-9(7-15)6-10(11)14;1-2/h4-7H,8H2,1-3H3;1-2H3. The summed E-state index contributed by atoms with van der Waals surface area (Å²) < 4.78 is 11.0. The van der Waals surface area contributed by atoms with E-state index in [1.807, 2.05) is 13.8 Å². The summed E-state index contributed by atoms with van der Waals surface area (Å²) >= 11 is 3.26. The van der Waals surface area contributed by atoms with Crippen LogP contribution in [-0.4, -0.2) is 24.5 Å². The molecule has 0 radical (unpaired) electrons. The molecule has 1 rings (SSSR count). The van der Waals surface area contributed by atoms with Crippen LogP contribution in [0.5, 0.6) is 5.75 Å². The summed E-state index contributed by atoms with van der Waals surface area (Å²) in [6, 6.07) is 4.86. The van der Waals surface area contributed by atoms with Crippen LogP contribution >= 0.6 is 15.9 Å². The van der Waals surface area contributed by atoms with Crippen molar-refractivity contribution < 1.29 is 19.1 Å². The van der Waals surface area contributed by atoms with Crippen LogP contribution < -0.4 is 4.74 Å². The number of aldehydes is 1. The molecule has 5 heteroatoms. The molecule has 1 aromatic rings. The van der Waals surface area contributed by atoms with E-state index in [0.29, 0.717) is 15.8 Å². The molecule has 0 spiro atoms. The van der Waals surface area contributed by atoms with Gasteiger partial charge in [-0.1, -0.05) is 13.8 Å². The highest BCUT2D eigenvalue weighted by Crippen LogP contribution is 2.25. The molecule has 0 atom stereocenters. The lowest BCUT2D eigenvalue weighted by Crippen LogP contribution is -2.27. The largest absolute Gasteiger partial charge is 0.481 e. The van der Waals surface area contributed by atoms with Crippen molar-refractivity contribution in [1.29, 1.82) is 0 Å². The predicted octanol–water partition coefficient (Wildman–Crippen LogP) is 4.01. The van der Waals surface area contributed by atoms with Crippen molar-refractivity contribution in [2.24, 2.45) is 0 Å². The van der Waals surface area contributed by atoms with Crippen LogP contribution in [0, 0.1) is 0 Å². The molecule has 0 aliphatic carbocycles. The van der Waals surface area contributed by atoms with Gasteiger partial charge in [-0.2, -0.15) is 0 Å². The van der Waals surface area contributed by atoms with E-state index < -0.39 is 11.6 Å². The topological polar surface area (TPSA) is 52.6 Å². The number of ether oxygens (including phenoxy) is 2. The Kier molecular flexibility index (Phi) is 8.15.